The zero-order valence-corrected chi connectivity index (χ0v) is 11.5. The summed E-state index contributed by atoms with van der Waals surface area (Å²) in [6, 6.07) is 0. The van der Waals surface area contributed by atoms with Gasteiger partial charge < -0.3 is 9.73 Å². The van der Waals surface area contributed by atoms with E-state index in [1.54, 1.807) is 29.3 Å². The Labute approximate surface area is 109 Å². The van der Waals surface area contributed by atoms with Crippen molar-refractivity contribution >= 4 is 28.2 Å². The highest BCUT2D eigenvalue weighted by atomic mass is 32.2. The number of aromatic nitrogens is 2. The molecule has 2 heterocycles. The van der Waals surface area contributed by atoms with Crippen LogP contribution in [0.15, 0.2) is 21.0 Å². The second kappa shape index (κ2) is 6.07. The highest BCUT2D eigenvalue weighted by molar-refractivity contribution is 8.00. The maximum Gasteiger partial charge on any atom is 0.204 e. The molecule has 2 aromatic heterocycles. The third kappa shape index (κ3) is 3.47. The van der Waals surface area contributed by atoms with Gasteiger partial charge in [0.2, 0.25) is 5.89 Å². The third-order valence-electron chi connectivity index (χ3n) is 2.10. The molecule has 0 radical (unpaired) electrons. The first kappa shape index (κ1) is 12.4. The lowest BCUT2D eigenvalue weighted by atomic mass is 10.4. The Morgan fingerprint density at radius 2 is 2.24 bits per heavy atom. The predicted molar refractivity (Wildman–Crippen MR) is 71.7 cm³/mol. The Morgan fingerprint density at radius 3 is 2.94 bits per heavy atom. The fourth-order valence-corrected chi connectivity index (χ4v) is 3.06. The van der Waals surface area contributed by atoms with Gasteiger partial charge in [0.15, 0.2) is 5.13 Å². The second-order valence-corrected chi connectivity index (χ2v) is 5.68. The van der Waals surface area contributed by atoms with Crippen LogP contribution in [0.1, 0.15) is 25.5 Å². The fraction of sp³-hybridized carbons (Fsp3) is 0.455. The Morgan fingerprint density at radius 1 is 1.35 bits per heavy atom. The van der Waals surface area contributed by atoms with Crippen LogP contribution >= 0.6 is 23.1 Å². The molecule has 0 spiro atoms. The van der Waals surface area contributed by atoms with Crippen LogP contribution in [0, 0.1) is 0 Å². The minimum absolute atomic E-state index is 0.758. The van der Waals surface area contributed by atoms with E-state index in [0.717, 1.165) is 35.5 Å². The van der Waals surface area contributed by atoms with E-state index in [0.29, 0.717) is 0 Å². The molecule has 0 atom stereocenters. The van der Waals surface area contributed by atoms with Crippen molar-refractivity contribution in [1.29, 1.82) is 0 Å². The summed E-state index contributed by atoms with van der Waals surface area (Å²) in [5.41, 5.74) is 0. The molecule has 0 aliphatic heterocycles. The van der Waals surface area contributed by atoms with Gasteiger partial charge in [0.05, 0.1) is 22.4 Å². The van der Waals surface area contributed by atoms with Crippen LogP contribution in [0.2, 0.25) is 0 Å². The first-order chi connectivity index (χ1) is 8.31. The van der Waals surface area contributed by atoms with Gasteiger partial charge in [0.25, 0.3) is 0 Å². The van der Waals surface area contributed by atoms with Crippen molar-refractivity contribution in [2.75, 3.05) is 11.9 Å². The average Bonchev–Trinajstić information content (AvgIpc) is 2.95. The number of anilines is 1. The van der Waals surface area contributed by atoms with Gasteiger partial charge in [-0.15, -0.1) is 11.8 Å². The minimum atomic E-state index is 0.758. The van der Waals surface area contributed by atoms with Crippen molar-refractivity contribution in [2.24, 2.45) is 0 Å². The molecule has 0 aliphatic rings. The van der Waals surface area contributed by atoms with Crippen LogP contribution in [0.3, 0.4) is 0 Å². The van der Waals surface area contributed by atoms with Gasteiger partial charge in [0, 0.05) is 13.0 Å². The molecule has 2 aromatic rings. The molecule has 2 rings (SSSR count). The lowest BCUT2D eigenvalue weighted by Gasteiger charge is -1.94. The molecule has 6 heteroatoms. The van der Waals surface area contributed by atoms with Crippen LogP contribution in [-0.4, -0.2) is 16.5 Å². The summed E-state index contributed by atoms with van der Waals surface area (Å²) in [6.07, 6.45) is 4.58. The van der Waals surface area contributed by atoms with Gasteiger partial charge in [0.1, 0.15) is 5.76 Å². The molecule has 0 aliphatic carbocycles. The Balaban J connectivity index is 1.88. The molecular formula is C11H15N3OS2. The molecule has 0 amide bonds. The van der Waals surface area contributed by atoms with Crippen molar-refractivity contribution in [3.05, 3.63) is 24.0 Å². The number of aryl methyl sites for hydroxylation is 1. The summed E-state index contributed by atoms with van der Waals surface area (Å²) >= 11 is 3.36. The lowest BCUT2D eigenvalue weighted by Crippen LogP contribution is -1.94. The Hall–Kier alpha value is -1.01. The lowest BCUT2D eigenvalue weighted by molar-refractivity contribution is 0.476. The Kier molecular flexibility index (Phi) is 4.44. The number of thiazole rings is 1. The van der Waals surface area contributed by atoms with E-state index in [1.165, 1.54) is 4.21 Å². The normalized spacial score (nSPS) is 10.7. The van der Waals surface area contributed by atoms with Gasteiger partial charge in [-0.3, -0.25) is 0 Å². The van der Waals surface area contributed by atoms with Gasteiger partial charge >= 0.3 is 0 Å². The SMILES string of the molecule is CCNc1ncc(SCc2ncc(CC)o2)s1. The number of oxazole rings is 1. The maximum absolute atomic E-state index is 5.55. The summed E-state index contributed by atoms with van der Waals surface area (Å²) in [5, 5.41) is 4.16. The molecule has 0 saturated heterocycles. The number of hydrogen-bond donors (Lipinski definition) is 1. The summed E-state index contributed by atoms with van der Waals surface area (Å²) in [6.45, 7) is 5.02. The van der Waals surface area contributed by atoms with Crippen molar-refractivity contribution in [2.45, 2.75) is 30.2 Å². The number of hydrogen-bond acceptors (Lipinski definition) is 6. The van der Waals surface area contributed by atoms with Crippen LogP contribution < -0.4 is 5.32 Å². The first-order valence-corrected chi connectivity index (χ1v) is 7.38. The minimum Gasteiger partial charge on any atom is -0.445 e. The molecule has 0 saturated carbocycles. The monoisotopic (exact) mass is 269 g/mol. The van der Waals surface area contributed by atoms with Gasteiger partial charge in [-0.05, 0) is 6.92 Å². The van der Waals surface area contributed by atoms with Crippen molar-refractivity contribution < 1.29 is 4.42 Å². The molecular weight excluding hydrogens is 254 g/mol. The van der Waals surface area contributed by atoms with E-state index in [2.05, 4.69) is 29.1 Å². The van der Waals surface area contributed by atoms with E-state index in [1.807, 2.05) is 6.20 Å². The zero-order chi connectivity index (χ0) is 12.1. The summed E-state index contributed by atoms with van der Waals surface area (Å²) in [5.74, 6) is 2.48. The van der Waals surface area contributed by atoms with E-state index < -0.39 is 0 Å². The Bertz CT molecular complexity index is 467. The molecule has 0 aromatic carbocycles. The number of nitrogens with zero attached hydrogens (tertiary/aromatic N) is 2. The molecule has 4 nitrogen and oxygen atoms in total. The van der Waals surface area contributed by atoms with Crippen LogP contribution in [0.5, 0.6) is 0 Å². The van der Waals surface area contributed by atoms with Crippen molar-refractivity contribution in [3.63, 3.8) is 0 Å². The predicted octanol–water partition coefficient (Wildman–Crippen LogP) is 3.42. The standard InChI is InChI=1S/C11H15N3OS2/c1-3-8-5-13-9(15-8)7-16-10-6-14-11(17-10)12-4-2/h5-6H,3-4,7H2,1-2H3,(H,12,14). The van der Waals surface area contributed by atoms with Gasteiger partial charge in [-0.25, -0.2) is 9.97 Å². The van der Waals surface area contributed by atoms with E-state index in [-0.39, 0.29) is 0 Å². The van der Waals surface area contributed by atoms with Gasteiger partial charge in [-0.1, -0.05) is 18.3 Å². The van der Waals surface area contributed by atoms with Crippen LogP contribution in [0.4, 0.5) is 5.13 Å². The van der Waals surface area contributed by atoms with Gasteiger partial charge in [-0.2, -0.15) is 0 Å². The van der Waals surface area contributed by atoms with E-state index in [4.69, 9.17) is 4.42 Å². The average molecular weight is 269 g/mol. The number of nitrogens with one attached hydrogen (secondary N) is 1. The summed E-state index contributed by atoms with van der Waals surface area (Å²) in [4.78, 5) is 8.50. The summed E-state index contributed by atoms with van der Waals surface area (Å²) in [7, 11) is 0. The molecule has 17 heavy (non-hydrogen) atoms. The maximum atomic E-state index is 5.55. The largest absolute Gasteiger partial charge is 0.445 e. The highest BCUT2D eigenvalue weighted by Crippen LogP contribution is 2.30. The molecule has 0 unspecified atom stereocenters. The second-order valence-electron chi connectivity index (χ2n) is 3.38. The fourth-order valence-electron chi connectivity index (χ4n) is 1.27. The van der Waals surface area contributed by atoms with Crippen molar-refractivity contribution in [3.8, 4) is 0 Å². The number of rotatable bonds is 6. The summed E-state index contributed by atoms with van der Waals surface area (Å²) < 4.78 is 6.72. The molecule has 0 fully saturated rings. The molecule has 1 N–H and O–H groups in total. The van der Waals surface area contributed by atoms with E-state index in [9.17, 15) is 0 Å². The topological polar surface area (TPSA) is 51.0 Å². The van der Waals surface area contributed by atoms with E-state index >= 15 is 0 Å². The quantitative estimate of drug-likeness (QED) is 0.814. The van der Waals surface area contributed by atoms with Crippen LogP contribution in [0.25, 0.3) is 0 Å². The van der Waals surface area contributed by atoms with Crippen LogP contribution in [-0.2, 0) is 12.2 Å². The highest BCUT2D eigenvalue weighted by Gasteiger charge is 2.06. The third-order valence-corrected chi connectivity index (χ3v) is 4.23. The smallest absolute Gasteiger partial charge is 0.204 e. The van der Waals surface area contributed by atoms with Crippen molar-refractivity contribution in [1.82, 2.24) is 9.97 Å². The zero-order valence-electron chi connectivity index (χ0n) is 9.90. The number of thioether (sulfide) groups is 1. The molecule has 0 bridgehead atoms. The molecule has 92 valence electrons. The first-order valence-electron chi connectivity index (χ1n) is 5.58.